The van der Waals surface area contributed by atoms with Gasteiger partial charge in [0.15, 0.2) is 23.1 Å². The number of nitrogen functional groups attached to an aromatic ring is 1. The zero-order valence-corrected chi connectivity index (χ0v) is 21.5. The summed E-state index contributed by atoms with van der Waals surface area (Å²) in [5.41, 5.74) is 11.1. The summed E-state index contributed by atoms with van der Waals surface area (Å²) in [5.74, 6) is -0.957. The van der Waals surface area contributed by atoms with Crippen molar-refractivity contribution in [2.75, 3.05) is 5.73 Å². The molecule has 0 radical (unpaired) electrons. The van der Waals surface area contributed by atoms with Gasteiger partial charge in [0.05, 0.1) is 24.5 Å². The number of carbonyl (C=O) groups excluding carboxylic acids is 1. The van der Waals surface area contributed by atoms with Gasteiger partial charge < -0.3 is 20.7 Å². The van der Waals surface area contributed by atoms with Gasteiger partial charge in [-0.3, -0.25) is 10.2 Å². The molecular formula is C28H30FN7O2. The summed E-state index contributed by atoms with van der Waals surface area (Å²) in [6, 6.07) is 11.2. The highest BCUT2D eigenvalue weighted by atomic mass is 19.1. The Balaban J connectivity index is 0.00000164. The number of hydrogen-bond donors (Lipinski definition) is 4. The number of phenolic OH excluding ortho intramolecular Hbond substituents is 1. The molecule has 2 aromatic carbocycles. The highest BCUT2D eigenvalue weighted by molar-refractivity contribution is 6.12. The van der Waals surface area contributed by atoms with E-state index in [2.05, 4.69) is 20.2 Å². The second-order valence-electron chi connectivity index (χ2n) is 8.67. The van der Waals surface area contributed by atoms with Crippen LogP contribution in [0.1, 0.15) is 66.0 Å². The van der Waals surface area contributed by atoms with Gasteiger partial charge in [-0.25, -0.2) is 9.37 Å². The lowest BCUT2D eigenvalue weighted by atomic mass is 9.94. The molecule has 0 aliphatic carbocycles. The first-order chi connectivity index (χ1) is 18.4. The van der Waals surface area contributed by atoms with Crippen molar-refractivity contribution in [3.8, 4) is 16.9 Å². The highest BCUT2D eigenvalue weighted by Gasteiger charge is 2.29. The lowest BCUT2D eigenvalue weighted by molar-refractivity contribution is 0.0741. The number of aryl methyl sites for hydroxylation is 1. The van der Waals surface area contributed by atoms with Crippen molar-refractivity contribution in [3.05, 3.63) is 88.5 Å². The average molecular weight is 516 g/mol. The number of aromatic amines is 1. The molecular weight excluding hydrogens is 485 g/mol. The summed E-state index contributed by atoms with van der Waals surface area (Å²) < 4.78 is 14.1. The molecule has 1 amide bonds. The minimum atomic E-state index is -0.697. The van der Waals surface area contributed by atoms with Crippen LogP contribution in [0.3, 0.4) is 0 Å². The predicted octanol–water partition coefficient (Wildman–Crippen LogP) is 4.84. The molecule has 1 aliphatic heterocycles. The SMILES string of the molecule is CC.CCCc1cc(O)c(F)cc1-c1ccc(C(=N)c2nc3c([nH]2)CN(C(=O)c2cccnn2)C3)c(N)c1. The van der Waals surface area contributed by atoms with Gasteiger partial charge in [0.2, 0.25) is 0 Å². The number of benzene rings is 2. The topological polar surface area (TPSA) is 145 Å². The number of halogens is 1. The van der Waals surface area contributed by atoms with E-state index in [1.165, 1.54) is 18.3 Å². The number of nitrogens with two attached hydrogens (primary N) is 1. The molecule has 0 saturated carbocycles. The molecule has 0 unspecified atom stereocenters. The summed E-state index contributed by atoms with van der Waals surface area (Å²) in [4.78, 5) is 21.9. The fourth-order valence-electron chi connectivity index (χ4n) is 4.41. The number of phenols is 1. The van der Waals surface area contributed by atoms with Crippen LogP contribution < -0.4 is 5.73 Å². The average Bonchev–Trinajstić information content (AvgIpc) is 3.51. The Kier molecular flexibility index (Phi) is 7.80. The summed E-state index contributed by atoms with van der Waals surface area (Å²) in [5, 5.41) is 26.1. The zero-order chi connectivity index (χ0) is 27.4. The van der Waals surface area contributed by atoms with Crippen LogP contribution in [0.25, 0.3) is 11.1 Å². The molecule has 4 aromatic rings. The summed E-state index contributed by atoms with van der Waals surface area (Å²) in [6.07, 6.45) is 3.02. The maximum Gasteiger partial charge on any atom is 0.275 e. The van der Waals surface area contributed by atoms with E-state index < -0.39 is 5.82 Å². The van der Waals surface area contributed by atoms with E-state index in [1.807, 2.05) is 20.8 Å². The Bertz CT molecular complexity index is 1460. The Morgan fingerprint density at radius 2 is 2.00 bits per heavy atom. The van der Waals surface area contributed by atoms with E-state index in [9.17, 15) is 14.3 Å². The lowest BCUT2D eigenvalue weighted by Gasteiger charge is -2.15. The first kappa shape index (κ1) is 26.5. The molecule has 0 fully saturated rings. The zero-order valence-electron chi connectivity index (χ0n) is 21.5. The van der Waals surface area contributed by atoms with Crippen molar-refractivity contribution in [1.29, 1.82) is 5.41 Å². The Hall–Kier alpha value is -4.60. The van der Waals surface area contributed by atoms with Crippen molar-refractivity contribution < 1.29 is 14.3 Å². The molecule has 0 bridgehead atoms. The quantitative estimate of drug-likeness (QED) is 0.213. The van der Waals surface area contributed by atoms with E-state index in [4.69, 9.17) is 11.1 Å². The van der Waals surface area contributed by atoms with Crippen LogP contribution in [0.5, 0.6) is 5.75 Å². The van der Waals surface area contributed by atoms with Gasteiger partial charge in [0, 0.05) is 17.4 Å². The molecule has 0 saturated heterocycles. The molecule has 0 atom stereocenters. The second kappa shape index (κ2) is 11.2. The minimum Gasteiger partial charge on any atom is -0.505 e. The molecule has 1 aliphatic rings. The largest absolute Gasteiger partial charge is 0.505 e. The third-order valence-corrected chi connectivity index (χ3v) is 6.19. The van der Waals surface area contributed by atoms with Crippen LogP contribution in [-0.4, -0.2) is 41.8 Å². The predicted molar refractivity (Wildman–Crippen MR) is 143 cm³/mol. The van der Waals surface area contributed by atoms with Crippen LogP contribution in [0.15, 0.2) is 48.7 Å². The van der Waals surface area contributed by atoms with Gasteiger partial charge in [-0.2, -0.15) is 5.10 Å². The lowest BCUT2D eigenvalue weighted by Crippen LogP contribution is -2.27. The third-order valence-electron chi connectivity index (χ3n) is 6.19. The highest BCUT2D eigenvalue weighted by Crippen LogP contribution is 2.33. The van der Waals surface area contributed by atoms with Crippen LogP contribution in [0, 0.1) is 11.2 Å². The van der Waals surface area contributed by atoms with Crippen molar-refractivity contribution in [2.24, 2.45) is 0 Å². The standard InChI is InChI=1S/C26H24FN7O2.C2H6/c1-2-4-14-10-23(35)18(27)11-17(14)15-6-7-16(19(28)9-15)24(29)25-31-21-12-34(13-22(21)32-25)26(36)20-5-3-8-30-33-20;1-2/h3,5-11,29,35H,2,4,12-13,28H2,1H3,(H,31,32);1-2H3. The Morgan fingerprint density at radius 1 is 1.21 bits per heavy atom. The van der Waals surface area contributed by atoms with E-state index in [-0.39, 0.29) is 23.1 Å². The minimum absolute atomic E-state index is 0.117. The van der Waals surface area contributed by atoms with Gasteiger partial charge in [-0.1, -0.05) is 39.3 Å². The number of rotatable bonds is 6. The number of nitrogens with one attached hydrogen (secondary N) is 2. The molecule has 2 aromatic heterocycles. The maximum atomic E-state index is 14.1. The number of nitrogens with zero attached hydrogens (tertiary/aromatic N) is 4. The first-order valence-electron chi connectivity index (χ1n) is 12.5. The Morgan fingerprint density at radius 3 is 2.66 bits per heavy atom. The molecule has 9 nitrogen and oxygen atoms in total. The van der Waals surface area contributed by atoms with Gasteiger partial charge in [-0.05, 0) is 53.4 Å². The molecule has 3 heterocycles. The van der Waals surface area contributed by atoms with Crippen LogP contribution in [-0.2, 0) is 19.5 Å². The number of anilines is 1. The van der Waals surface area contributed by atoms with Crippen LogP contribution in [0.2, 0.25) is 0 Å². The van der Waals surface area contributed by atoms with Gasteiger partial charge in [0.25, 0.3) is 5.91 Å². The number of carbonyl (C=O) groups is 1. The van der Waals surface area contributed by atoms with Gasteiger partial charge >= 0.3 is 0 Å². The fraction of sp³-hybridized carbons (Fsp3) is 0.250. The van der Waals surface area contributed by atoms with Crippen molar-refractivity contribution >= 4 is 17.3 Å². The summed E-state index contributed by atoms with van der Waals surface area (Å²) >= 11 is 0. The third kappa shape index (κ3) is 5.10. The maximum absolute atomic E-state index is 14.1. The second-order valence-corrected chi connectivity index (χ2v) is 8.67. The van der Waals surface area contributed by atoms with Gasteiger partial charge in [-0.15, -0.1) is 5.10 Å². The molecule has 10 heteroatoms. The normalized spacial score (nSPS) is 12.1. The smallest absolute Gasteiger partial charge is 0.275 e. The number of amides is 1. The molecule has 5 N–H and O–H groups in total. The van der Waals surface area contributed by atoms with E-state index >= 15 is 0 Å². The Labute approximate surface area is 220 Å². The van der Waals surface area contributed by atoms with Crippen LogP contribution in [0.4, 0.5) is 10.1 Å². The summed E-state index contributed by atoms with van der Waals surface area (Å²) in [7, 11) is 0. The summed E-state index contributed by atoms with van der Waals surface area (Å²) in [6.45, 7) is 6.64. The number of H-pyrrole nitrogens is 1. The number of aromatic hydroxyl groups is 1. The monoisotopic (exact) mass is 515 g/mol. The number of fused-ring (bicyclic) bond motifs is 1. The van der Waals surface area contributed by atoms with Crippen molar-refractivity contribution in [1.82, 2.24) is 25.1 Å². The van der Waals surface area contributed by atoms with Crippen LogP contribution >= 0.6 is 0 Å². The molecule has 5 rings (SSSR count). The first-order valence-corrected chi connectivity index (χ1v) is 12.5. The van der Waals surface area contributed by atoms with Crippen molar-refractivity contribution in [2.45, 2.75) is 46.7 Å². The number of hydrogen-bond acceptors (Lipinski definition) is 7. The number of aromatic nitrogens is 4. The number of imidazole rings is 1. The van der Waals surface area contributed by atoms with E-state index in [0.717, 1.165) is 17.7 Å². The molecule has 0 spiro atoms. The van der Waals surface area contributed by atoms with E-state index in [1.54, 1.807) is 35.2 Å². The fourth-order valence-corrected chi connectivity index (χ4v) is 4.41. The van der Waals surface area contributed by atoms with E-state index in [0.29, 0.717) is 53.4 Å². The van der Waals surface area contributed by atoms with Crippen molar-refractivity contribution in [3.63, 3.8) is 0 Å². The molecule has 38 heavy (non-hydrogen) atoms. The van der Waals surface area contributed by atoms with Gasteiger partial charge in [0.1, 0.15) is 5.71 Å². The molecule has 196 valence electrons.